The summed E-state index contributed by atoms with van der Waals surface area (Å²) in [5.74, 6) is -0.481. The van der Waals surface area contributed by atoms with Gasteiger partial charge in [0.05, 0.1) is 6.54 Å². The minimum atomic E-state index is -0.252. The van der Waals surface area contributed by atoms with Crippen LogP contribution >= 0.6 is 0 Å². The Bertz CT molecular complexity index is 626. The van der Waals surface area contributed by atoms with Crippen molar-refractivity contribution < 1.29 is 9.59 Å². The molecule has 0 aliphatic rings. The predicted molar refractivity (Wildman–Crippen MR) is 79.6 cm³/mol. The number of aromatic nitrogens is 1. The highest BCUT2D eigenvalue weighted by Gasteiger charge is 2.07. The smallest absolute Gasteiger partial charge is 0.251 e. The molecule has 5 heteroatoms. The van der Waals surface area contributed by atoms with Gasteiger partial charge in [-0.05, 0) is 36.8 Å². The van der Waals surface area contributed by atoms with E-state index >= 15 is 0 Å². The molecular weight excluding hydrogens is 266 g/mol. The van der Waals surface area contributed by atoms with Gasteiger partial charge in [-0.2, -0.15) is 0 Å². The number of hydrogen-bond acceptors (Lipinski definition) is 3. The molecule has 0 saturated heterocycles. The number of hydrogen-bond donors (Lipinski definition) is 2. The highest BCUT2D eigenvalue weighted by molar-refractivity contribution is 5.96. The molecule has 1 aromatic heterocycles. The van der Waals surface area contributed by atoms with Crippen molar-refractivity contribution >= 4 is 11.8 Å². The van der Waals surface area contributed by atoms with Gasteiger partial charge in [-0.3, -0.25) is 14.6 Å². The summed E-state index contributed by atoms with van der Waals surface area (Å²) in [5, 5.41) is 5.33. The highest BCUT2D eigenvalue weighted by atomic mass is 16.2. The molecular formula is C16H17N3O2. The summed E-state index contributed by atoms with van der Waals surface area (Å²) < 4.78 is 0. The number of pyridine rings is 1. The minimum Gasteiger partial charge on any atom is -0.350 e. The van der Waals surface area contributed by atoms with E-state index in [1.807, 2.05) is 31.2 Å². The Labute approximate surface area is 123 Å². The third kappa shape index (κ3) is 4.72. The van der Waals surface area contributed by atoms with Crippen LogP contribution in [0.2, 0.25) is 0 Å². The Kier molecular flexibility index (Phi) is 5.04. The Morgan fingerprint density at radius 3 is 2.57 bits per heavy atom. The number of carbonyl (C=O) groups excluding carboxylic acids is 2. The molecule has 1 aromatic carbocycles. The Hall–Kier alpha value is -2.69. The van der Waals surface area contributed by atoms with E-state index in [4.69, 9.17) is 0 Å². The molecule has 2 amide bonds. The lowest BCUT2D eigenvalue weighted by atomic mass is 10.1. The lowest BCUT2D eigenvalue weighted by Gasteiger charge is -2.07. The number of benzene rings is 1. The van der Waals surface area contributed by atoms with Gasteiger partial charge in [0.15, 0.2) is 0 Å². The third-order valence-electron chi connectivity index (χ3n) is 2.93. The third-order valence-corrected chi connectivity index (χ3v) is 2.93. The molecule has 0 spiro atoms. The fraction of sp³-hybridized carbons (Fsp3) is 0.188. The van der Waals surface area contributed by atoms with Gasteiger partial charge in [0, 0.05) is 24.5 Å². The van der Waals surface area contributed by atoms with Crippen LogP contribution < -0.4 is 10.6 Å². The van der Waals surface area contributed by atoms with E-state index in [1.165, 1.54) is 0 Å². The van der Waals surface area contributed by atoms with Gasteiger partial charge in [-0.1, -0.05) is 17.7 Å². The summed E-state index contributed by atoms with van der Waals surface area (Å²) in [6, 6.07) is 10.9. The van der Waals surface area contributed by atoms with Crippen LogP contribution in [0.4, 0.5) is 0 Å². The first kappa shape index (κ1) is 14.7. The van der Waals surface area contributed by atoms with Crippen LogP contribution in [0.3, 0.4) is 0 Å². The van der Waals surface area contributed by atoms with E-state index in [-0.39, 0.29) is 18.4 Å². The van der Waals surface area contributed by atoms with Gasteiger partial charge in [0.25, 0.3) is 5.91 Å². The van der Waals surface area contributed by atoms with Crippen molar-refractivity contribution in [2.24, 2.45) is 0 Å². The largest absolute Gasteiger partial charge is 0.350 e. The van der Waals surface area contributed by atoms with Gasteiger partial charge < -0.3 is 10.6 Å². The molecule has 1 heterocycles. The van der Waals surface area contributed by atoms with E-state index in [9.17, 15) is 9.59 Å². The summed E-state index contributed by atoms with van der Waals surface area (Å²) in [6.45, 7) is 2.29. The summed E-state index contributed by atoms with van der Waals surface area (Å²) in [6.07, 6.45) is 3.34. The van der Waals surface area contributed by atoms with Crippen molar-refractivity contribution in [1.29, 1.82) is 0 Å². The van der Waals surface area contributed by atoms with Crippen molar-refractivity contribution in [1.82, 2.24) is 15.6 Å². The second-order valence-corrected chi connectivity index (χ2v) is 4.68. The molecule has 0 fully saturated rings. The standard InChI is InChI=1S/C16H17N3O2/c1-12-3-2-4-14(9-12)16(21)19-11-15(20)18-10-13-5-7-17-8-6-13/h2-9H,10-11H2,1H3,(H,18,20)(H,19,21). The molecule has 2 N–H and O–H groups in total. The molecule has 0 unspecified atom stereocenters. The van der Waals surface area contributed by atoms with Gasteiger partial charge >= 0.3 is 0 Å². The fourth-order valence-corrected chi connectivity index (χ4v) is 1.81. The highest BCUT2D eigenvalue weighted by Crippen LogP contribution is 2.03. The molecule has 21 heavy (non-hydrogen) atoms. The molecule has 0 saturated carbocycles. The molecule has 108 valence electrons. The van der Waals surface area contributed by atoms with E-state index in [2.05, 4.69) is 15.6 Å². The molecule has 0 aliphatic heterocycles. The molecule has 5 nitrogen and oxygen atoms in total. The van der Waals surface area contributed by atoms with Gasteiger partial charge in [0.2, 0.25) is 5.91 Å². The molecule has 0 atom stereocenters. The van der Waals surface area contributed by atoms with Crippen LogP contribution in [-0.4, -0.2) is 23.3 Å². The average molecular weight is 283 g/mol. The maximum Gasteiger partial charge on any atom is 0.251 e. The van der Waals surface area contributed by atoms with Gasteiger partial charge in [-0.15, -0.1) is 0 Å². The van der Waals surface area contributed by atoms with E-state index < -0.39 is 0 Å². The number of carbonyl (C=O) groups is 2. The molecule has 0 radical (unpaired) electrons. The molecule has 2 rings (SSSR count). The maximum atomic E-state index is 11.9. The minimum absolute atomic E-state index is 0.0438. The van der Waals surface area contributed by atoms with Gasteiger partial charge in [0.1, 0.15) is 0 Å². The van der Waals surface area contributed by atoms with Crippen molar-refractivity contribution in [2.45, 2.75) is 13.5 Å². The maximum absolute atomic E-state index is 11.9. The number of aryl methyl sites for hydroxylation is 1. The van der Waals surface area contributed by atoms with Crippen LogP contribution in [0.5, 0.6) is 0 Å². The lowest BCUT2D eigenvalue weighted by molar-refractivity contribution is -0.120. The Morgan fingerprint density at radius 1 is 1.10 bits per heavy atom. The zero-order chi connectivity index (χ0) is 15.1. The van der Waals surface area contributed by atoms with E-state index in [1.54, 1.807) is 24.5 Å². The quantitative estimate of drug-likeness (QED) is 0.872. The number of nitrogens with zero attached hydrogens (tertiary/aromatic N) is 1. The first-order valence-electron chi connectivity index (χ1n) is 6.65. The number of nitrogens with one attached hydrogen (secondary N) is 2. The fourth-order valence-electron chi connectivity index (χ4n) is 1.81. The van der Waals surface area contributed by atoms with E-state index in [0.717, 1.165) is 11.1 Å². The first-order chi connectivity index (χ1) is 10.1. The first-order valence-corrected chi connectivity index (χ1v) is 6.65. The van der Waals surface area contributed by atoms with Crippen LogP contribution in [0.25, 0.3) is 0 Å². The van der Waals surface area contributed by atoms with Crippen LogP contribution in [0, 0.1) is 6.92 Å². The van der Waals surface area contributed by atoms with E-state index in [0.29, 0.717) is 12.1 Å². The molecule has 0 aliphatic carbocycles. The number of rotatable bonds is 5. The van der Waals surface area contributed by atoms with Crippen molar-refractivity contribution in [3.63, 3.8) is 0 Å². The number of amides is 2. The summed E-state index contributed by atoms with van der Waals surface area (Å²) in [4.78, 5) is 27.5. The second-order valence-electron chi connectivity index (χ2n) is 4.68. The Balaban J connectivity index is 1.77. The summed E-state index contributed by atoms with van der Waals surface area (Å²) in [5.41, 5.74) is 2.52. The monoisotopic (exact) mass is 283 g/mol. The van der Waals surface area contributed by atoms with Gasteiger partial charge in [-0.25, -0.2) is 0 Å². The molecule has 2 aromatic rings. The average Bonchev–Trinajstić information content (AvgIpc) is 2.51. The zero-order valence-corrected chi connectivity index (χ0v) is 11.8. The normalized spacial score (nSPS) is 9.95. The van der Waals surface area contributed by atoms with Crippen molar-refractivity contribution in [3.05, 3.63) is 65.5 Å². The second kappa shape index (κ2) is 7.19. The van der Waals surface area contributed by atoms with Crippen LogP contribution in [0.15, 0.2) is 48.8 Å². The topological polar surface area (TPSA) is 71.1 Å². The van der Waals surface area contributed by atoms with Crippen molar-refractivity contribution in [2.75, 3.05) is 6.54 Å². The lowest BCUT2D eigenvalue weighted by Crippen LogP contribution is -2.36. The molecule has 0 bridgehead atoms. The van der Waals surface area contributed by atoms with Crippen LogP contribution in [-0.2, 0) is 11.3 Å². The van der Waals surface area contributed by atoms with Crippen LogP contribution in [0.1, 0.15) is 21.5 Å². The predicted octanol–water partition coefficient (Wildman–Crippen LogP) is 1.44. The zero-order valence-electron chi connectivity index (χ0n) is 11.8. The van der Waals surface area contributed by atoms with Crippen molar-refractivity contribution in [3.8, 4) is 0 Å². The SMILES string of the molecule is Cc1cccc(C(=O)NCC(=O)NCc2ccncc2)c1. The Morgan fingerprint density at radius 2 is 1.86 bits per heavy atom. The summed E-state index contributed by atoms with van der Waals surface area (Å²) in [7, 11) is 0. The summed E-state index contributed by atoms with van der Waals surface area (Å²) >= 11 is 0.